The van der Waals surface area contributed by atoms with Gasteiger partial charge in [-0.2, -0.15) is 5.10 Å². The molecule has 1 amide bonds. The molecule has 8 heteroatoms. The summed E-state index contributed by atoms with van der Waals surface area (Å²) in [6, 6.07) is 11.4. The zero-order valence-corrected chi connectivity index (χ0v) is 15.0. The fourth-order valence-corrected chi connectivity index (χ4v) is 3.63. The second-order valence-corrected chi connectivity index (χ2v) is 6.87. The topological polar surface area (TPSA) is 68.3 Å². The molecule has 7 nitrogen and oxygen atoms in total. The normalized spacial score (nSPS) is 13.7. The minimum absolute atomic E-state index is 0.0779. The quantitative estimate of drug-likeness (QED) is 0.538. The molecule has 1 aliphatic rings. The Bertz CT molecular complexity index is 1150. The highest BCUT2D eigenvalue weighted by Crippen LogP contribution is 2.25. The molecule has 0 saturated heterocycles. The van der Waals surface area contributed by atoms with Crippen LogP contribution in [0.5, 0.6) is 0 Å². The molecule has 0 aromatic carbocycles. The van der Waals surface area contributed by atoms with Gasteiger partial charge >= 0.3 is 0 Å². The summed E-state index contributed by atoms with van der Waals surface area (Å²) >= 11 is 6.00. The average molecular weight is 379 g/mol. The first-order chi connectivity index (χ1) is 13.2. The van der Waals surface area contributed by atoms with Gasteiger partial charge in [0, 0.05) is 31.2 Å². The Morgan fingerprint density at radius 2 is 2.04 bits per heavy atom. The molecule has 4 aromatic heterocycles. The molecule has 0 radical (unpaired) electrons. The standard InChI is InChI=1S/C19H15ClN6O/c20-13-1-2-14-9-17(23-26(14)10-13)19(27)24-7-8-25-15(11-24)3-4-18(25)16-5-6-21-12-22-16/h1-6,9-10,12H,7-8,11H2. The monoisotopic (exact) mass is 378 g/mol. The van der Waals surface area contributed by atoms with E-state index in [1.165, 1.54) is 0 Å². The molecule has 5 heterocycles. The van der Waals surface area contributed by atoms with Gasteiger partial charge in [-0.3, -0.25) is 4.79 Å². The highest BCUT2D eigenvalue weighted by molar-refractivity contribution is 6.30. The zero-order chi connectivity index (χ0) is 18.4. The van der Waals surface area contributed by atoms with Crippen LogP contribution in [0.1, 0.15) is 16.2 Å². The minimum atomic E-state index is -0.0779. The van der Waals surface area contributed by atoms with Gasteiger partial charge in [0.1, 0.15) is 6.33 Å². The maximum absolute atomic E-state index is 12.9. The maximum atomic E-state index is 12.9. The molecule has 27 heavy (non-hydrogen) atoms. The van der Waals surface area contributed by atoms with Gasteiger partial charge in [0.2, 0.25) is 0 Å². The molecule has 0 saturated carbocycles. The molecule has 0 spiro atoms. The van der Waals surface area contributed by atoms with E-state index in [4.69, 9.17) is 11.6 Å². The smallest absolute Gasteiger partial charge is 0.274 e. The minimum Gasteiger partial charge on any atom is -0.340 e. The largest absolute Gasteiger partial charge is 0.340 e. The van der Waals surface area contributed by atoms with Crippen LogP contribution in [0.25, 0.3) is 16.9 Å². The first kappa shape index (κ1) is 16.0. The number of nitrogens with zero attached hydrogens (tertiary/aromatic N) is 6. The van der Waals surface area contributed by atoms with Crippen molar-refractivity contribution >= 4 is 23.0 Å². The molecule has 0 bridgehead atoms. The Morgan fingerprint density at radius 1 is 1.11 bits per heavy atom. The van der Waals surface area contributed by atoms with Crippen molar-refractivity contribution in [1.82, 2.24) is 29.0 Å². The molecular formula is C19H15ClN6O. The SMILES string of the molecule is O=C(c1cc2ccc(Cl)cn2n1)N1CCn2c(ccc2-c2ccncn2)C1. The molecule has 4 aromatic rings. The van der Waals surface area contributed by atoms with E-state index in [-0.39, 0.29) is 5.91 Å². The van der Waals surface area contributed by atoms with Crippen LogP contribution < -0.4 is 0 Å². The van der Waals surface area contributed by atoms with Crippen LogP contribution in [0.2, 0.25) is 5.02 Å². The van der Waals surface area contributed by atoms with Gasteiger partial charge < -0.3 is 9.47 Å². The summed E-state index contributed by atoms with van der Waals surface area (Å²) in [5, 5.41) is 4.96. The van der Waals surface area contributed by atoms with E-state index < -0.39 is 0 Å². The number of aromatic nitrogens is 5. The lowest BCUT2D eigenvalue weighted by molar-refractivity contribution is 0.0705. The molecule has 1 aliphatic heterocycles. The first-order valence-corrected chi connectivity index (χ1v) is 8.96. The van der Waals surface area contributed by atoms with Crippen LogP contribution in [0.15, 0.2) is 55.1 Å². The third-order valence-corrected chi connectivity index (χ3v) is 5.02. The lowest BCUT2D eigenvalue weighted by atomic mass is 10.2. The summed E-state index contributed by atoms with van der Waals surface area (Å²) in [6.45, 7) is 1.87. The predicted octanol–water partition coefficient (Wildman–Crippen LogP) is 2.90. The molecule has 0 aliphatic carbocycles. The summed E-state index contributed by atoms with van der Waals surface area (Å²) in [6.07, 6.45) is 4.98. The lowest BCUT2D eigenvalue weighted by Crippen LogP contribution is -2.38. The van der Waals surface area contributed by atoms with E-state index in [2.05, 4.69) is 19.6 Å². The van der Waals surface area contributed by atoms with Crippen LogP contribution in [0.4, 0.5) is 0 Å². The zero-order valence-electron chi connectivity index (χ0n) is 14.3. The lowest BCUT2D eigenvalue weighted by Gasteiger charge is -2.29. The van der Waals surface area contributed by atoms with Crippen LogP contribution in [-0.2, 0) is 13.1 Å². The second-order valence-electron chi connectivity index (χ2n) is 6.43. The Hall–Kier alpha value is -3.19. The number of rotatable bonds is 2. The molecule has 0 unspecified atom stereocenters. The van der Waals surface area contributed by atoms with Gasteiger partial charge in [0.25, 0.3) is 5.91 Å². The van der Waals surface area contributed by atoms with Gasteiger partial charge in [-0.05, 0) is 36.4 Å². The molecule has 5 rings (SSSR count). The maximum Gasteiger partial charge on any atom is 0.274 e. The third kappa shape index (κ3) is 2.76. The fraction of sp³-hybridized carbons (Fsp3) is 0.158. The van der Waals surface area contributed by atoms with Gasteiger partial charge in [0.15, 0.2) is 5.69 Å². The molecule has 134 valence electrons. The van der Waals surface area contributed by atoms with Crippen LogP contribution in [0.3, 0.4) is 0 Å². The Morgan fingerprint density at radius 3 is 2.89 bits per heavy atom. The van der Waals surface area contributed by atoms with E-state index in [9.17, 15) is 4.79 Å². The average Bonchev–Trinajstić information content (AvgIpc) is 3.31. The van der Waals surface area contributed by atoms with Crippen LogP contribution in [0, 0.1) is 0 Å². The highest BCUT2D eigenvalue weighted by atomic mass is 35.5. The van der Waals surface area contributed by atoms with E-state index in [0.29, 0.717) is 30.4 Å². The van der Waals surface area contributed by atoms with Gasteiger partial charge in [0.05, 0.1) is 28.5 Å². The Balaban J connectivity index is 1.42. The summed E-state index contributed by atoms with van der Waals surface area (Å²) in [7, 11) is 0. The number of amides is 1. The molecular weight excluding hydrogens is 364 g/mol. The van der Waals surface area contributed by atoms with Gasteiger partial charge in [-0.15, -0.1) is 0 Å². The molecule has 0 atom stereocenters. The van der Waals surface area contributed by atoms with Crippen molar-refractivity contribution in [1.29, 1.82) is 0 Å². The summed E-state index contributed by atoms with van der Waals surface area (Å²) in [5.41, 5.74) is 4.27. The fourth-order valence-electron chi connectivity index (χ4n) is 3.47. The number of carbonyl (C=O) groups excluding carboxylic acids is 1. The second kappa shape index (κ2) is 6.21. The number of hydrogen-bond donors (Lipinski definition) is 0. The van der Waals surface area contributed by atoms with Crippen molar-refractivity contribution in [3.63, 3.8) is 0 Å². The molecule has 0 N–H and O–H groups in total. The predicted molar refractivity (Wildman–Crippen MR) is 100 cm³/mol. The molecule has 0 fully saturated rings. The number of hydrogen-bond acceptors (Lipinski definition) is 4. The summed E-state index contributed by atoms with van der Waals surface area (Å²) in [4.78, 5) is 23.0. The van der Waals surface area contributed by atoms with Crippen molar-refractivity contribution in [3.8, 4) is 11.4 Å². The van der Waals surface area contributed by atoms with Crippen LogP contribution in [-0.4, -0.2) is 41.5 Å². The third-order valence-electron chi connectivity index (χ3n) is 4.79. The van der Waals surface area contributed by atoms with Crippen molar-refractivity contribution in [3.05, 3.63) is 71.5 Å². The van der Waals surface area contributed by atoms with Crippen molar-refractivity contribution in [2.45, 2.75) is 13.1 Å². The summed E-state index contributed by atoms with van der Waals surface area (Å²) < 4.78 is 3.84. The first-order valence-electron chi connectivity index (χ1n) is 8.58. The number of fused-ring (bicyclic) bond motifs is 2. The number of carbonyl (C=O) groups is 1. The number of halogens is 1. The van der Waals surface area contributed by atoms with Gasteiger partial charge in [-0.1, -0.05) is 11.6 Å². The van der Waals surface area contributed by atoms with E-state index in [0.717, 1.165) is 22.6 Å². The van der Waals surface area contributed by atoms with Crippen LogP contribution >= 0.6 is 11.6 Å². The van der Waals surface area contributed by atoms with Crippen molar-refractivity contribution in [2.75, 3.05) is 6.54 Å². The highest BCUT2D eigenvalue weighted by Gasteiger charge is 2.25. The van der Waals surface area contributed by atoms with Crippen molar-refractivity contribution in [2.24, 2.45) is 0 Å². The van der Waals surface area contributed by atoms with Crippen molar-refractivity contribution < 1.29 is 4.79 Å². The number of pyridine rings is 1. The van der Waals surface area contributed by atoms with E-state index >= 15 is 0 Å². The summed E-state index contributed by atoms with van der Waals surface area (Å²) in [5.74, 6) is -0.0779. The Kier molecular flexibility index (Phi) is 3.68. The van der Waals surface area contributed by atoms with Gasteiger partial charge in [-0.25, -0.2) is 14.5 Å². The van der Waals surface area contributed by atoms with E-state index in [1.807, 2.05) is 29.2 Å². The Labute approximate surface area is 159 Å². The van der Waals surface area contributed by atoms with E-state index in [1.54, 1.807) is 35.4 Å².